The molecule has 0 aliphatic rings. The summed E-state index contributed by atoms with van der Waals surface area (Å²) in [6.45, 7) is 4.13. The van der Waals surface area contributed by atoms with Crippen LogP contribution in [-0.4, -0.2) is 5.11 Å². The van der Waals surface area contributed by atoms with Gasteiger partial charge in [-0.2, -0.15) is 0 Å². The fourth-order valence-corrected chi connectivity index (χ4v) is 2.42. The van der Waals surface area contributed by atoms with Gasteiger partial charge in [0.2, 0.25) is 0 Å². The Bertz CT molecular complexity index is 516. The summed E-state index contributed by atoms with van der Waals surface area (Å²) in [6.07, 6.45) is 2.52. The van der Waals surface area contributed by atoms with Crippen LogP contribution in [0, 0.1) is 13.8 Å². The van der Waals surface area contributed by atoms with Gasteiger partial charge in [-0.3, -0.25) is 0 Å². The van der Waals surface area contributed by atoms with Crippen LogP contribution in [0.4, 0.5) is 0 Å². The van der Waals surface area contributed by atoms with Gasteiger partial charge in [0.05, 0.1) is 6.10 Å². The fraction of sp³-hybridized carbons (Fsp3) is 0.333. The third-order valence-corrected chi connectivity index (χ3v) is 3.58. The highest BCUT2D eigenvalue weighted by Crippen LogP contribution is 2.23. The Labute approximate surface area is 115 Å². The van der Waals surface area contributed by atoms with Crippen molar-refractivity contribution >= 4 is 0 Å². The number of rotatable bonds is 5. The lowest BCUT2D eigenvalue weighted by atomic mass is 9.96. The molecule has 0 aromatic heterocycles. The number of hydrogen-bond acceptors (Lipinski definition) is 1. The molecule has 2 rings (SSSR count). The molecule has 0 spiro atoms. The van der Waals surface area contributed by atoms with E-state index in [0.717, 1.165) is 24.8 Å². The molecule has 19 heavy (non-hydrogen) atoms. The molecule has 0 fully saturated rings. The lowest BCUT2D eigenvalue weighted by Crippen LogP contribution is -2.01. The maximum absolute atomic E-state index is 10.3. The van der Waals surface area contributed by atoms with Crippen molar-refractivity contribution < 1.29 is 5.11 Å². The van der Waals surface area contributed by atoms with Crippen LogP contribution in [0.1, 0.15) is 41.2 Å². The molecular formula is C18H22O. The van der Waals surface area contributed by atoms with Crippen LogP contribution in [0.25, 0.3) is 0 Å². The van der Waals surface area contributed by atoms with Crippen LogP contribution in [0.5, 0.6) is 0 Å². The molecule has 0 aliphatic heterocycles. The lowest BCUT2D eigenvalue weighted by molar-refractivity contribution is 0.164. The first-order chi connectivity index (χ1) is 9.16. The average molecular weight is 254 g/mol. The second-order valence-corrected chi connectivity index (χ2v) is 5.25. The minimum atomic E-state index is -0.344. The van der Waals surface area contributed by atoms with Gasteiger partial charge in [0, 0.05) is 0 Å². The number of hydrogen-bond donors (Lipinski definition) is 1. The number of benzene rings is 2. The normalized spacial score (nSPS) is 12.4. The first-order valence-corrected chi connectivity index (χ1v) is 6.96. The Hall–Kier alpha value is -1.60. The van der Waals surface area contributed by atoms with E-state index in [-0.39, 0.29) is 6.10 Å². The van der Waals surface area contributed by atoms with E-state index in [1.165, 1.54) is 16.7 Å². The molecular weight excluding hydrogens is 232 g/mol. The largest absolute Gasteiger partial charge is 0.388 e. The van der Waals surface area contributed by atoms with Gasteiger partial charge < -0.3 is 5.11 Å². The Balaban J connectivity index is 1.91. The summed E-state index contributed by atoms with van der Waals surface area (Å²) in [4.78, 5) is 0. The molecule has 100 valence electrons. The molecule has 1 heteroatoms. The molecule has 0 bridgehead atoms. The highest BCUT2D eigenvalue weighted by atomic mass is 16.3. The van der Waals surface area contributed by atoms with Crippen molar-refractivity contribution in [2.75, 3.05) is 0 Å². The number of aliphatic hydroxyl groups excluding tert-OH is 1. The fourth-order valence-electron chi connectivity index (χ4n) is 2.42. The van der Waals surface area contributed by atoms with Crippen LogP contribution in [-0.2, 0) is 6.42 Å². The Kier molecular flexibility index (Phi) is 4.75. The Morgan fingerprint density at radius 1 is 1.00 bits per heavy atom. The van der Waals surface area contributed by atoms with E-state index < -0.39 is 0 Å². The topological polar surface area (TPSA) is 20.2 Å². The van der Waals surface area contributed by atoms with Crippen LogP contribution >= 0.6 is 0 Å². The molecule has 1 atom stereocenters. The molecule has 2 aromatic carbocycles. The van der Waals surface area contributed by atoms with Crippen LogP contribution in [0.2, 0.25) is 0 Å². The van der Waals surface area contributed by atoms with Gasteiger partial charge >= 0.3 is 0 Å². The summed E-state index contributed by atoms with van der Waals surface area (Å²) in [5.74, 6) is 0. The highest BCUT2D eigenvalue weighted by molar-refractivity contribution is 5.32. The van der Waals surface area contributed by atoms with Gasteiger partial charge in [-0.25, -0.2) is 0 Å². The average Bonchev–Trinajstić information content (AvgIpc) is 2.42. The lowest BCUT2D eigenvalue weighted by Gasteiger charge is -2.14. The molecule has 0 aliphatic carbocycles. The maximum Gasteiger partial charge on any atom is 0.0792 e. The molecule has 2 aromatic rings. The molecule has 0 saturated heterocycles. The van der Waals surface area contributed by atoms with E-state index in [1.54, 1.807) is 0 Å². The van der Waals surface area contributed by atoms with Crippen molar-refractivity contribution in [3.8, 4) is 0 Å². The van der Waals surface area contributed by atoms with E-state index >= 15 is 0 Å². The highest BCUT2D eigenvalue weighted by Gasteiger charge is 2.10. The smallest absolute Gasteiger partial charge is 0.0792 e. The van der Waals surface area contributed by atoms with E-state index in [2.05, 4.69) is 56.3 Å². The molecule has 1 nitrogen and oxygen atoms in total. The first-order valence-electron chi connectivity index (χ1n) is 6.96. The van der Waals surface area contributed by atoms with Crippen LogP contribution < -0.4 is 0 Å². The van der Waals surface area contributed by atoms with Gasteiger partial charge in [-0.05, 0) is 49.8 Å². The van der Waals surface area contributed by atoms with Gasteiger partial charge in [-0.15, -0.1) is 0 Å². The minimum absolute atomic E-state index is 0.344. The zero-order chi connectivity index (χ0) is 13.7. The quantitative estimate of drug-likeness (QED) is 0.840. The van der Waals surface area contributed by atoms with Gasteiger partial charge in [-0.1, -0.05) is 54.1 Å². The zero-order valence-electron chi connectivity index (χ0n) is 11.8. The first kappa shape index (κ1) is 13.8. The van der Waals surface area contributed by atoms with Crippen molar-refractivity contribution in [1.29, 1.82) is 0 Å². The third-order valence-electron chi connectivity index (χ3n) is 3.58. The van der Waals surface area contributed by atoms with Crippen LogP contribution in [0.3, 0.4) is 0 Å². The van der Waals surface area contributed by atoms with Gasteiger partial charge in [0.15, 0.2) is 0 Å². The van der Waals surface area contributed by atoms with Gasteiger partial charge in [0.25, 0.3) is 0 Å². The predicted molar refractivity (Wildman–Crippen MR) is 80.3 cm³/mol. The molecule has 1 unspecified atom stereocenters. The van der Waals surface area contributed by atoms with E-state index in [0.29, 0.717) is 0 Å². The summed E-state index contributed by atoms with van der Waals surface area (Å²) in [5.41, 5.74) is 4.81. The summed E-state index contributed by atoms with van der Waals surface area (Å²) < 4.78 is 0. The standard InChI is InChI=1S/C18H22O/c1-14-11-12-15(2)17(13-14)18(19)10-6-9-16-7-4-3-5-8-16/h3-5,7-8,11-13,18-19H,6,9-10H2,1-2H3. The SMILES string of the molecule is Cc1ccc(C)c(C(O)CCCc2ccccc2)c1. The number of aliphatic hydroxyl groups is 1. The third kappa shape index (κ3) is 3.93. The second kappa shape index (κ2) is 6.53. The summed E-state index contributed by atoms with van der Waals surface area (Å²) in [7, 11) is 0. The minimum Gasteiger partial charge on any atom is -0.388 e. The van der Waals surface area contributed by atoms with Crippen molar-refractivity contribution in [1.82, 2.24) is 0 Å². The molecule has 0 saturated carbocycles. The monoisotopic (exact) mass is 254 g/mol. The molecule has 0 radical (unpaired) electrons. The summed E-state index contributed by atoms with van der Waals surface area (Å²) >= 11 is 0. The number of aryl methyl sites for hydroxylation is 3. The maximum atomic E-state index is 10.3. The zero-order valence-corrected chi connectivity index (χ0v) is 11.8. The van der Waals surface area contributed by atoms with Crippen LogP contribution in [0.15, 0.2) is 48.5 Å². The van der Waals surface area contributed by atoms with Crippen molar-refractivity contribution in [2.45, 2.75) is 39.2 Å². The van der Waals surface area contributed by atoms with Gasteiger partial charge in [0.1, 0.15) is 0 Å². The molecule has 0 amide bonds. The predicted octanol–water partition coefficient (Wildman–Crippen LogP) is 4.36. The van der Waals surface area contributed by atoms with E-state index in [4.69, 9.17) is 0 Å². The summed E-state index contributed by atoms with van der Waals surface area (Å²) in [6, 6.07) is 16.7. The molecule has 1 N–H and O–H groups in total. The van der Waals surface area contributed by atoms with E-state index in [1.807, 2.05) is 6.07 Å². The van der Waals surface area contributed by atoms with Crippen molar-refractivity contribution in [3.05, 3.63) is 70.8 Å². The molecule has 0 heterocycles. The second-order valence-electron chi connectivity index (χ2n) is 5.25. The van der Waals surface area contributed by atoms with Crippen molar-refractivity contribution in [2.24, 2.45) is 0 Å². The Morgan fingerprint density at radius 2 is 1.74 bits per heavy atom. The van der Waals surface area contributed by atoms with E-state index in [9.17, 15) is 5.11 Å². The van der Waals surface area contributed by atoms with Crippen molar-refractivity contribution in [3.63, 3.8) is 0 Å². The summed E-state index contributed by atoms with van der Waals surface area (Å²) in [5, 5.41) is 10.3. The Morgan fingerprint density at radius 3 is 2.47 bits per heavy atom.